The number of benzene rings is 2. The van der Waals surface area contributed by atoms with Gasteiger partial charge in [-0.1, -0.05) is 18.2 Å². The second-order valence-electron chi connectivity index (χ2n) is 6.42. The molecule has 2 aromatic carbocycles. The number of anilines is 1. The van der Waals surface area contributed by atoms with Crippen LogP contribution in [0.1, 0.15) is 5.82 Å². The second kappa shape index (κ2) is 6.15. The minimum atomic E-state index is -4.50. The maximum atomic E-state index is 12.8. The van der Waals surface area contributed by atoms with Crippen LogP contribution in [0.2, 0.25) is 0 Å². The van der Waals surface area contributed by atoms with E-state index in [4.69, 9.17) is 0 Å². The highest BCUT2D eigenvalue weighted by atomic mass is 19.4. The summed E-state index contributed by atoms with van der Waals surface area (Å²) in [5, 5.41) is 7.26. The Labute approximate surface area is 152 Å². The second-order valence-corrected chi connectivity index (χ2v) is 6.42. The fourth-order valence-corrected chi connectivity index (χ4v) is 2.86. The Morgan fingerprint density at radius 1 is 0.926 bits per heavy atom. The molecule has 4 rings (SSSR count). The Balaban J connectivity index is 1.66. The van der Waals surface area contributed by atoms with Crippen LogP contribution < -0.4 is 4.90 Å². The predicted octanol–water partition coefficient (Wildman–Crippen LogP) is 4.70. The molecule has 0 aliphatic carbocycles. The smallest absolute Gasteiger partial charge is 0.378 e. The Bertz CT molecular complexity index is 1090. The Morgan fingerprint density at radius 2 is 1.63 bits per heavy atom. The molecular formula is C19H16F3N5. The average molecular weight is 371 g/mol. The summed E-state index contributed by atoms with van der Waals surface area (Å²) in [6.45, 7) is 0. The predicted molar refractivity (Wildman–Crippen MR) is 98.4 cm³/mol. The van der Waals surface area contributed by atoms with Crippen LogP contribution in [0.5, 0.6) is 0 Å². The number of aromatic nitrogens is 4. The van der Waals surface area contributed by atoms with Crippen molar-refractivity contribution in [2.45, 2.75) is 6.18 Å². The zero-order valence-electron chi connectivity index (χ0n) is 14.6. The Morgan fingerprint density at radius 3 is 2.30 bits per heavy atom. The molecule has 138 valence electrons. The van der Waals surface area contributed by atoms with Gasteiger partial charge in [-0.2, -0.15) is 18.3 Å². The zero-order chi connectivity index (χ0) is 19.2. The van der Waals surface area contributed by atoms with Gasteiger partial charge >= 0.3 is 6.18 Å². The Kier molecular flexibility index (Phi) is 3.91. The number of nitrogens with one attached hydrogen (secondary N) is 2. The number of nitrogens with zero attached hydrogens (tertiary/aromatic N) is 3. The molecule has 0 fully saturated rings. The van der Waals surface area contributed by atoms with Gasteiger partial charge in [0.2, 0.25) is 5.82 Å². The number of rotatable bonds is 3. The quantitative estimate of drug-likeness (QED) is 0.549. The van der Waals surface area contributed by atoms with E-state index in [0.717, 1.165) is 16.9 Å². The molecule has 2 heterocycles. The fraction of sp³-hybridized carbons (Fsp3) is 0.158. The molecule has 5 nitrogen and oxygen atoms in total. The number of hydrogen-bond acceptors (Lipinski definition) is 3. The molecule has 0 aliphatic heterocycles. The van der Waals surface area contributed by atoms with Crippen LogP contribution in [0.4, 0.5) is 18.9 Å². The first-order valence-corrected chi connectivity index (χ1v) is 8.22. The summed E-state index contributed by atoms with van der Waals surface area (Å²) in [6.07, 6.45) is -4.50. The largest absolute Gasteiger partial charge is 0.449 e. The lowest BCUT2D eigenvalue weighted by Gasteiger charge is -2.12. The van der Waals surface area contributed by atoms with E-state index in [1.165, 1.54) is 0 Å². The lowest BCUT2D eigenvalue weighted by molar-refractivity contribution is -0.144. The third kappa shape index (κ3) is 3.25. The molecule has 4 aromatic rings. The third-order valence-electron chi connectivity index (χ3n) is 4.32. The Hall–Kier alpha value is -3.29. The molecular weight excluding hydrogens is 355 g/mol. The minimum Gasteiger partial charge on any atom is -0.378 e. The van der Waals surface area contributed by atoms with Crippen LogP contribution in [0.15, 0.2) is 48.5 Å². The van der Waals surface area contributed by atoms with Gasteiger partial charge in [0, 0.05) is 25.3 Å². The number of fused-ring (bicyclic) bond motifs is 1. The van der Waals surface area contributed by atoms with Crippen LogP contribution >= 0.6 is 0 Å². The molecule has 0 spiro atoms. The number of hydrogen-bond donors (Lipinski definition) is 2. The topological polar surface area (TPSA) is 60.6 Å². The van der Waals surface area contributed by atoms with Crippen LogP contribution in [-0.2, 0) is 6.18 Å². The van der Waals surface area contributed by atoms with Crippen molar-refractivity contribution in [2.24, 2.45) is 0 Å². The highest BCUT2D eigenvalue weighted by Gasteiger charge is 2.34. The SMILES string of the molecule is CN(C)c1ccc(-c2cc(-c3ccc4[nH]c(C(F)(F)F)nc4c3)n[nH]2)cc1. The maximum absolute atomic E-state index is 12.8. The van der Waals surface area contributed by atoms with Gasteiger partial charge in [-0.3, -0.25) is 5.10 Å². The minimum absolute atomic E-state index is 0.250. The molecule has 0 atom stereocenters. The number of H-pyrrole nitrogens is 2. The number of halogens is 3. The normalized spacial score (nSPS) is 11.9. The summed E-state index contributed by atoms with van der Waals surface area (Å²) >= 11 is 0. The van der Waals surface area contributed by atoms with E-state index in [0.29, 0.717) is 16.8 Å². The summed E-state index contributed by atoms with van der Waals surface area (Å²) in [7, 11) is 3.94. The van der Waals surface area contributed by atoms with Crippen molar-refractivity contribution in [3.63, 3.8) is 0 Å². The van der Waals surface area contributed by atoms with Crippen molar-refractivity contribution in [3.05, 3.63) is 54.4 Å². The molecule has 0 aliphatic rings. The summed E-state index contributed by atoms with van der Waals surface area (Å²) in [6, 6.07) is 14.7. The van der Waals surface area contributed by atoms with Gasteiger partial charge in [0.25, 0.3) is 0 Å². The highest BCUT2D eigenvalue weighted by Crippen LogP contribution is 2.31. The average Bonchev–Trinajstić information content (AvgIpc) is 3.28. The van der Waals surface area contributed by atoms with Crippen LogP contribution in [0.25, 0.3) is 33.5 Å². The van der Waals surface area contributed by atoms with E-state index < -0.39 is 12.0 Å². The molecule has 2 N–H and O–H groups in total. The maximum Gasteiger partial charge on any atom is 0.449 e. The standard InChI is InChI=1S/C19H16F3N5/c1-27(2)13-6-3-11(4-7-13)15-10-16(26-25-15)12-5-8-14-17(9-12)24-18(23-14)19(20,21)22/h3-10H,1-2H3,(H,23,24)(H,25,26). The molecule has 0 unspecified atom stereocenters. The lowest BCUT2D eigenvalue weighted by Crippen LogP contribution is -2.07. The van der Waals surface area contributed by atoms with Crippen molar-refractivity contribution in [1.82, 2.24) is 20.2 Å². The third-order valence-corrected chi connectivity index (χ3v) is 4.32. The van der Waals surface area contributed by atoms with Crippen molar-refractivity contribution in [2.75, 3.05) is 19.0 Å². The van der Waals surface area contributed by atoms with Gasteiger partial charge in [0.1, 0.15) is 0 Å². The summed E-state index contributed by atoms with van der Waals surface area (Å²) in [5.41, 5.74) is 4.80. The van der Waals surface area contributed by atoms with Crippen molar-refractivity contribution < 1.29 is 13.2 Å². The van der Waals surface area contributed by atoms with Gasteiger partial charge in [0.05, 0.1) is 22.4 Å². The number of aromatic amines is 2. The zero-order valence-corrected chi connectivity index (χ0v) is 14.6. The van der Waals surface area contributed by atoms with E-state index in [1.807, 2.05) is 49.3 Å². The van der Waals surface area contributed by atoms with Crippen molar-refractivity contribution in [1.29, 1.82) is 0 Å². The first-order chi connectivity index (χ1) is 12.8. The molecule has 27 heavy (non-hydrogen) atoms. The van der Waals surface area contributed by atoms with Gasteiger partial charge in [0.15, 0.2) is 0 Å². The molecule has 0 saturated heterocycles. The monoisotopic (exact) mass is 371 g/mol. The van der Waals surface area contributed by atoms with E-state index in [2.05, 4.69) is 20.2 Å². The van der Waals surface area contributed by atoms with Crippen LogP contribution in [0, 0.1) is 0 Å². The van der Waals surface area contributed by atoms with Gasteiger partial charge < -0.3 is 9.88 Å². The van der Waals surface area contributed by atoms with Crippen molar-refractivity contribution in [3.8, 4) is 22.5 Å². The molecule has 0 radical (unpaired) electrons. The van der Waals surface area contributed by atoms with Crippen LogP contribution in [0.3, 0.4) is 0 Å². The fourth-order valence-electron chi connectivity index (χ4n) is 2.86. The molecule has 0 amide bonds. The van der Waals surface area contributed by atoms with Crippen LogP contribution in [-0.4, -0.2) is 34.3 Å². The molecule has 2 aromatic heterocycles. The number of alkyl halides is 3. The highest BCUT2D eigenvalue weighted by molar-refractivity contribution is 5.82. The first-order valence-electron chi connectivity index (χ1n) is 8.22. The van der Waals surface area contributed by atoms with E-state index >= 15 is 0 Å². The molecule has 0 saturated carbocycles. The van der Waals surface area contributed by atoms with Crippen molar-refractivity contribution >= 4 is 16.7 Å². The van der Waals surface area contributed by atoms with E-state index in [-0.39, 0.29) is 5.52 Å². The first kappa shape index (κ1) is 17.1. The van der Waals surface area contributed by atoms with Gasteiger partial charge in [-0.25, -0.2) is 4.98 Å². The van der Waals surface area contributed by atoms with E-state index in [9.17, 15) is 13.2 Å². The van der Waals surface area contributed by atoms with Gasteiger partial charge in [-0.15, -0.1) is 0 Å². The molecule has 0 bridgehead atoms. The van der Waals surface area contributed by atoms with E-state index in [1.54, 1.807) is 18.2 Å². The summed E-state index contributed by atoms with van der Waals surface area (Å²) < 4.78 is 38.4. The summed E-state index contributed by atoms with van der Waals surface area (Å²) in [5.74, 6) is -1.00. The molecule has 8 heteroatoms. The lowest BCUT2D eigenvalue weighted by atomic mass is 10.1. The van der Waals surface area contributed by atoms with Gasteiger partial charge in [-0.05, 0) is 35.9 Å². The number of imidazole rings is 1. The summed E-state index contributed by atoms with van der Waals surface area (Å²) in [4.78, 5) is 7.94.